The Morgan fingerprint density at radius 1 is 1.05 bits per heavy atom. The van der Waals surface area contributed by atoms with Crippen molar-refractivity contribution in [1.82, 2.24) is 19.8 Å². The van der Waals surface area contributed by atoms with Crippen LogP contribution in [0.2, 0.25) is 5.02 Å². The number of amides is 1. The van der Waals surface area contributed by atoms with Crippen LogP contribution in [0, 0.1) is 17.2 Å². The monoisotopic (exact) mass is 551 g/mol. The van der Waals surface area contributed by atoms with Crippen molar-refractivity contribution in [2.24, 2.45) is 5.92 Å². The molecule has 3 aromatic carbocycles. The van der Waals surface area contributed by atoms with Crippen LogP contribution in [0.25, 0.3) is 0 Å². The molecular weight excluding hydrogens is 518 g/mol. The summed E-state index contributed by atoms with van der Waals surface area (Å²) in [5, 5.41) is 12.9. The van der Waals surface area contributed by atoms with Crippen LogP contribution >= 0.6 is 11.6 Å². The Kier molecular flexibility index (Phi) is 9.28. The van der Waals surface area contributed by atoms with E-state index in [0.717, 1.165) is 48.8 Å². The van der Waals surface area contributed by atoms with Gasteiger partial charge in [0.25, 0.3) is 0 Å². The predicted molar refractivity (Wildman–Crippen MR) is 158 cm³/mol. The lowest BCUT2D eigenvalue weighted by atomic mass is 9.89. The highest BCUT2D eigenvalue weighted by Crippen LogP contribution is 2.29. The molecule has 0 spiro atoms. The van der Waals surface area contributed by atoms with Crippen molar-refractivity contribution in [2.75, 3.05) is 26.2 Å². The van der Waals surface area contributed by atoms with Crippen LogP contribution < -0.4 is 5.32 Å². The molecule has 1 amide bonds. The van der Waals surface area contributed by atoms with Gasteiger partial charge >= 0.3 is 0 Å². The van der Waals surface area contributed by atoms with Crippen LogP contribution in [-0.4, -0.2) is 46.5 Å². The van der Waals surface area contributed by atoms with Gasteiger partial charge in [-0.1, -0.05) is 66.2 Å². The maximum absolute atomic E-state index is 13.2. The summed E-state index contributed by atoms with van der Waals surface area (Å²) in [5.41, 5.74) is 5.34. The molecule has 1 aliphatic heterocycles. The Morgan fingerprint density at radius 2 is 1.80 bits per heavy atom. The number of aromatic nitrogens is 2. The van der Waals surface area contributed by atoms with Gasteiger partial charge < -0.3 is 14.8 Å². The van der Waals surface area contributed by atoms with Crippen LogP contribution in [0.1, 0.15) is 46.7 Å². The molecule has 0 bridgehead atoms. The number of hydrogen-bond acceptors (Lipinski definition) is 4. The fraction of sp³-hybridized carbons (Fsp3) is 0.303. The smallest absolute Gasteiger partial charge is 0.224 e. The van der Waals surface area contributed by atoms with Gasteiger partial charge in [0, 0.05) is 55.4 Å². The molecule has 1 aromatic heterocycles. The number of benzene rings is 3. The average molecular weight is 552 g/mol. The molecule has 40 heavy (non-hydrogen) atoms. The number of hydrogen-bond donors (Lipinski definition) is 1. The molecule has 1 N–H and O–H groups in total. The number of carbonyl (C=O) groups excluding carboxylic acids is 1. The normalized spacial score (nSPS) is 16.2. The molecule has 1 fully saturated rings. The number of rotatable bonds is 10. The van der Waals surface area contributed by atoms with Crippen molar-refractivity contribution < 1.29 is 4.79 Å². The Morgan fingerprint density at radius 3 is 2.55 bits per heavy atom. The molecule has 2 atom stereocenters. The Labute approximate surface area is 241 Å². The van der Waals surface area contributed by atoms with E-state index in [4.69, 9.17) is 16.9 Å². The number of nitriles is 1. The highest BCUT2D eigenvalue weighted by atomic mass is 35.5. The van der Waals surface area contributed by atoms with Gasteiger partial charge in [0.15, 0.2) is 0 Å². The summed E-state index contributed by atoms with van der Waals surface area (Å²) in [6.07, 6.45) is 6.31. The molecule has 0 saturated carbocycles. The minimum Gasteiger partial charge on any atom is -0.355 e. The van der Waals surface area contributed by atoms with Crippen molar-refractivity contribution in [3.05, 3.63) is 124 Å². The minimum atomic E-state index is -0.0149. The van der Waals surface area contributed by atoms with Crippen LogP contribution in [0.15, 0.2) is 91.4 Å². The number of imidazole rings is 1. The second-order valence-electron chi connectivity index (χ2n) is 10.5. The molecule has 7 heteroatoms. The van der Waals surface area contributed by atoms with Crippen molar-refractivity contribution in [3.8, 4) is 6.07 Å². The number of nitrogens with zero attached hydrogens (tertiary/aromatic N) is 4. The first-order valence-electron chi connectivity index (χ1n) is 13.9. The zero-order chi connectivity index (χ0) is 27.7. The lowest BCUT2D eigenvalue weighted by Crippen LogP contribution is -2.44. The SMILES string of the molecule is N#Cc1ccc(Cn2cncc2CCNC(=O)[C@H]2CCCN(CC(c3ccccc3)c3ccc(Cl)cc3)C2)cc1. The molecule has 2 heterocycles. The summed E-state index contributed by atoms with van der Waals surface area (Å²) >= 11 is 6.17. The van der Waals surface area contributed by atoms with Gasteiger partial charge in [0.1, 0.15) is 0 Å². The summed E-state index contributed by atoms with van der Waals surface area (Å²) in [4.78, 5) is 19.9. The van der Waals surface area contributed by atoms with Gasteiger partial charge in [-0.3, -0.25) is 4.79 Å². The van der Waals surface area contributed by atoms with Crippen molar-refractivity contribution in [1.29, 1.82) is 5.26 Å². The van der Waals surface area contributed by atoms with E-state index >= 15 is 0 Å². The van der Waals surface area contributed by atoms with Crippen molar-refractivity contribution >= 4 is 17.5 Å². The van der Waals surface area contributed by atoms with Gasteiger partial charge in [0.05, 0.1) is 23.9 Å². The second-order valence-corrected chi connectivity index (χ2v) is 10.9. The Hall–Kier alpha value is -3.92. The third kappa shape index (κ3) is 7.18. The van der Waals surface area contributed by atoms with Crippen molar-refractivity contribution in [2.45, 2.75) is 31.7 Å². The standard InChI is InChI=1S/C33H34ClN5O/c34-30-14-12-28(13-15-30)32(27-5-2-1-3-6-27)23-38-18-4-7-29(22-38)33(40)37-17-16-31-20-36-24-39(31)21-26-10-8-25(19-35)9-11-26/h1-3,5-6,8-15,20,24,29,32H,4,7,16-18,21-23H2,(H,37,40)/t29-,32?/m0/s1. The molecule has 6 nitrogen and oxygen atoms in total. The Balaban J connectivity index is 1.15. The van der Waals surface area contributed by atoms with E-state index in [1.54, 1.807) is 0 Å². The third-order valence-electron chi connectivity index (χ3n) is 7.71. The maximum Gasteiger partial charge on any atom is 0.224 e. The Bertz CT molecular complexity index is 1430. The molecule has 1 aliphatic rings. The third-order valence-corrected chi connectivity index (χ3v) is 7.96. The topological polar surface area (TPSA) is 74.0 Å². The zero-order valence-corrected chi connectivity index (χ0v) is 23.3. The van der Waals surface area contributed by atoms with E-state index in [1.807, 2.05) is 55.0 Å². The highest BCUT2D eigenvalue weighted by molar-refractivity contribution is 6.30. The second kappa shape index (κ2) is 13.4. The molecule has 0 aliphatic carbocycles. The lowest BCUT2D eigenvalue weighted by Gasteiger charge is -2.34. The molecular formula is C33H34ClN5O. The van der Waals surface area contributed by atoms with Gasteiger partial charge in [-0.2, -0.15) is 5.26 Å². The zero-order valence-electron chi connectivity index (χ0n) is 22.5. The fourth-order valence-electron chi connectivity index (χ4n) is 5.52. The van der Waals surface area contributed by atoms with Gasteiger partial charge in [-0.15, -0.1) is 0 Å². The van der Waals surface area contributed by atoms with Crippen LogP contribution in [-0.2, 0) is 17.8 Å². The van der Waals surface area contributed by atoms with E-state index < -0.39 is 0 Å². The number of nitrogens with one attached hydrogen (secondary N) is 1. The van der Waals surface area contributed by atoms with Gasteiger partial charge in [-0.25, -0.2) is 4.98 Å². The predicted octanol–water partition coefficient (Wildman–Crippen LogP) is 5.66. The minimum absolute atomic E-state index is 0.0149. The first kappa shape index (κ1) is 27.6. The van der Waals surface area contributed by atoms with E-state index in [2.05, 4.69) is 62.2 Å². The summed E-state index contributed by atoms with van der Waals surface area (Å²) < 4.78 is 2.09. The fourth-order valence-corrected chi connectivity index (χ4v) is 5.64. The van der Waals surface area contributed by atoms with Gasteiger partial charge in [0.2, 0.25) is 5.91 Å². The summed E-state index contributed by atoms with van der Waals surface area (Å²) in [5.74, 6) is 0.334. The molecule has 204 valence electrons. The van der Waals surface area contributed by atoms with Crippen molar-refractivity contribution in [3.63, 3.8) is 0 Å². The quantitative estimate of drug-likeness (QED) is 0.276. The van der Waals surface area contributed by atoms with Crippen LogP contribution in [0.5, 0.6) is 0 Å². The summed E-state index contributed by atoms with van der Waals surface area (Å²) in [6, 6.07) is 28.5. The number of likely N-dealkylation sites (tertiary alicyclic amines) is 1. The van der Waals surface area contributed by atoms with Crippen LogP contribution in [0.4, 0.5) is 0 Å². The van der Waals surface area contributed by atoms with E-state index in [9.17, 15) is 4.79 Å². The molecule has 0 radical (unpaired) electrons. The summed E-state index contributed by atoms with van der Waals surface area (Å²) in [7, 11) is 0. The molecule has 1 unspecified atom stereocenters. The number of halogens is 1. The largest absolute Gasteiger partial charge is 0.355 e. The first-order valence-corrected chi connectivity index (χ1v) is 14.3. The summed E-state index contributed by atoms with van der Waals surface area (Å²) in [6.45, 7) is 3.88. The maximum atomic E-state index is 13.2. The van der Waals surface area contributed by atoms with Gasteiger partial charge in [-0.05, 0) is 60.3 Å². The molecule has 5 rings (SSSR count). The number of carbonyl (C=O) groups is 1. The van der Waals surface area contributed by atoms with E-state index in [-0.39, 0.29) is 17.7 Å². The first-order chi connectivity index (χ1) is 19.6. The number of piperidine rings is 1. The van der Waals surface area contributed by atoms with Crippen LogP contribution in [0.3, 0.4) is 0 Å². The lowest BCUT2D eigenvalue weighted by molar-refractivity contribution is -0.126. The highest BCUT2D eigenvalue weighted by Gasteiger charge is 2.28. The van der Waals surface area contributed by atoms with E-state index in [0.29, 0.717) is 25.1 Å². The van der Waals surface area contributed by atoms with E-state index in [1.165, 1.54) is 11.1 Å². The molecule has 1 saturated heterocycles. The average Bonchev–Trinajstić information content (AvgIpc) is 3.44. The molecule has 4 aromatic rings.